The van der Waals surface area contributed by atoms with Crippen LogP contribution in [0.3, 0.4) is 0 Å². The van der Waals surface area contributed by atoms with Crippen molar-refractivity contribution in [1.82, 2.24) is 15.2 Å². The van der Waals surface area contributed by atoms with Crippen LogP contribution in [-0.2, 0) is 0 Å². The summed E-state index contributed by atoms with van der Waals surface area (Å²) in [5, 5.41) is 7.65. The van der Waals surface area contributed by atoms with E-state index in [1.807, 2.05) is 0 Å². The van der Waals surface area contributed by atoms with Crippen molar-refractivity contribution in [2.24, 2.45) is 0 Å². The van der Waals surface area contributed by atoms with Gasteiger partial charge in [-0.05, 0) is 49.1 Å². The molecule has 0 radical (unpaired) electrons. The number of hydrogen-bond acceptors (Lipinski definition) is 6. The van der Waals surface area contributed by atoms with Crippen molar-refractivity contribution in [1.29, 1.82) is 0 Å². The topological polar surface area (TPSA) is 60.6 Å². The van der Waals surface area contributed by atoms with Gasteiger partial charge in [0.2, 0.25) is 0 Å². The highest BCUT2D eigenvalue weighted by Crippen LogP contribution is 2.31. The van der Waals surface area contributed by atoms with Gasteiger partial charge < -0.3 is 9.47 Å². The summed E-state index contributed by atoms with van der Waals surface area (Å²) in [6.45, 7) is 9.20. The molecule has 1 heterocycles. The molecular weight excluding hydrogens is 270 g/mol. The maximum absolute atomic E-state index is 6.04. The third-order valence-electron chi connectivity index (χ3n) is 4.13. The number of unbranched alkanes of at least 4 members (excludes halogenated alkanes) is 1. The molecule has 0 bridgehead atoms. The molecule has 1 aromatic rings. The number of likely N-dealkylation sites (N-methyl/N-ethyl adjacent to an activating group) is 1. The van der Waals surface area contributed by atoms with Crippen LogP contribution in [0.5, 0.6) is 11.8 Å². The van der Waals surface area contributed by atoms with Crippen LogP contribution in [0.4, 0.5) is 0 Å². The minimum Gasteiger partial charge on any atom is -0.472 e. The Morgan fingerprint density at radius 1 is 1.14 bits per heavy atom. The number of rotatable bonds is 9. The first-order valence-electron chi connectivity index (χ1n) is 8.16. The van der Waals surface area contributed by atoms with Gasteiger partial charge in [0.05, 0.1) is 6.61 Å². The molecule has 0 spiro atoms. The van der Waals surface area contributed by atoms with Gasteiger partial charge in [-0.1, -0.05) is 27.2 Å². The molecule has 6 nitrogen and oxygen atoms in total. The molecule has 2 rings (SSSR count). The highest BCUT2D eigenvalue weighted by molar-refractivity contribution is 5.22. The van der Waals surface area contributed by atoms with Crippen molar-refractivity contribution in [2.45, 2.75) is 65.0 Å². The fourth-order valence-electron chi connectivity index (χ4n) is 2.94. The molecule has 1 aromatic heterocycles. The van der Waals surface area contributed by atoms with E-state index in [1.165, 1.54) is 12.8 Å². The molecule has 1 fully saturated rings. The predicted octanol–water partition coefficient (Wildman–Crippen LogP) is 2.89. The van der Waals surface area contributed by atoms with Crippen LogP contribution >= 0.6 is 0 Å². The van der Waals surface area contributed by atoms with Crippen LogP contribution in [0.2, 0.25) is 0 Å². The minimum atomic E-state index is 0.144. The second-order valence-corrected chi connectivity index (χ2v) is 5.45. The summed E-state index contributed by atoms with van der Waals surface area (Å²) >= 11 is 0. The molecule has 0 unspecified atom stereocenters. The van der Waals surface area contributed by atoms with Gasteiger partial charge in [-0.15, -0.1) is 0 Å². The van der Waals surface area contributed by atoms with Crippen molar-refractivity contribution in [3.8, 4) is 11.8 Å². The van der Waals surface area contributed by atoms with Crippen LogP contribution in [0.25, 0.3) is 0 Å². The highest BCUT2D eigenvalue weighted by Gasteiger charge is 2.34. The number of nitrogens with zero attached hydrogens (tertiary/aromatic N) is 3. The van der Waals surface area contributed by atoms with E-state index in [9.17, 15) is 0 Å². The zero-order chi connectivity index (χ0) is 15.1. The van der Waals surface area contributed by atoms with Crippen LogP contribution in [0, 0.1) is 0 Å². The van der Waals surface area contributed by atoms with Gasteiger partial charge in [-0.25, -0.2) is 4.63 Å². The van der Waals surface area contributed by atoms with E-state index in [0.717, 1.165) is 32.4 Å². The molecule has 0 aliphatic heterocycles. The molecule has 1 aliphatic rings. The summed E-state index contributed by atoms with van der Waals surface area (Å²) in [4.78, 5) is 2.45. The summed E-state index contributed by atoms with van der Waals surface area (Å²) in [5.74, 6) is 0.781. The standard InChI is InChI=1S/C15H27N3O3/c1-4-7-11-19-14-15(17-21-16-14)20-13-10-8-9-12(13)18(5-2)6-3/h12-13H,4-11H2,1-3H3/t12-,13-/m1/s1. The van der Waals surface area contributed by atoms with Gasteiger partial charge in [0, 0.05) is 6.04 Å². The maximum atomic E-state index is 6.04. The second kappa shape index (κ2) is 8.22. The van der Waals surface area contributed by atoms with Crippen molar-refractivity contribution >= 4 is 0 Å². The monoisotopic (exact) mass is 297 g/mol. The van der Waals surface area contributed by atoms with E-state index in [2.05, 4.69) is 36.0 Å². The van der Waals surface area contributed by atoms with Crippen LogP contribution in [-0.4, -0.2) is 47.1 Å². The van der Waals surface area contributed by atoms with E-state index in [-0.39, 0.29) is 6.10 Å². The Morgan fingerprint density at radius 3 is 2.62 bits per heavy atom. The summed E-state index contributed by atoms with van der Waals surface area (Å²) in [5.41, 5.74) is 0. The van der Waals surface area contributed by atoms with Crippen molar-refractivity contribution in [3.05, 3.63) is 0 Å². The average Bonchev–Trinajstić information content (AvgIpc) is 3.12. The first-order chi connectivity index (χ1) is 10.3. The van der Waals surface area contributed by atoms with Gasteiger partial charge in [-0.3, -0.25) is 4.90 Å². The average molecular weight is 297 g/mol. The van der Waals surface area contributed by atoms with Gasteiger partial charge in [0.15, 0.2) is 0 Å². The smallest absolute Gasteiger partial charge is 0.320 e. The lowest BCUT2D eigenvalue weighted by Gasteiger charge is -2.30. The Kier molecular flexibility index (Phi) is 6.29. The lowest BCUT2D eigenvalue weighted by Crippen LogP contribution is -2.42. The van der Waals surface area contributed by atoms with E-state index in [0.29, 0.717) is 24.4 Å². The highest BCUT2D eigenvalue weighted by atomic mass is 16.6. The maximum Gasteiger partial charge on any atom is 0.320 e. The molecule has 0 amide bonds. The number of hydrogen-bond donors (Lipinski definition) is 0. The molecule has 1 saturated carbocycles. The van der Waals surface area contributed by atoms with Crippen molar-refractivity contribution in [3.63, 3.8) is 0 Å². The fourth-order valence-corrected chi connectivity index (χ4v) is 2.94. The normalized spacial score (nSPS) is 21.9. The first-order valence-corrected chi connectivity index (χ1v) is 8.16. The lowest BCUT2D eigenvalue weighted by molar-refractivity contribution is 0.0851. The van der Waals surface area contributed by atoms with Crippen LogP contribution < -0.4 is 9.47 Å². The van der Waals surface area contributed by atoms with E-state index < -0.39 is 0 Å². The zero-order valence-electron chi connectivity index (χ0n) is 13.4. The van der Waals surface area contributed by atoms with Gasteiger partial charge in [0.1, 0.15) is 6.10 Å². The Hall–Kier alpha value is -1.30. The third kappa shape index (κ3) is 4.09. The predicted molar refractivity (Wildman–Crippen MR) is 79.7 cm³/mol. The number of ether oxygens (including phenoxy) is 2. The summed E-state index contributed by atoms with van der Waals surface area (Å²) in [7, 11) is 0. The number of aromatic nitrogens is 2. The molecule has 120 valence electrons. The molecule has 2 atom stereocenters. The molecule has 0 saturated heterocycles. The van der Waals surface area contributed by atoms with Gasteiger partial charge >= 0.3 is 11.8 Å². The summed E-state index contributed by atoms with van der Waals surface area (Å²) in [6.07, 6.45) is 5.60. The lowest BCUT2D eigenvalue weighted by atomic mass is 10.2. The zero-order valence-corrected chi connectivity index (χ0v) is 13.4. The van der Waals surface area contributed by atoms with E-state index in [1.54, 1.807) is 0 Å². The van der Waals surface area contributed by atoms with Gasteiger partial charge in [0.25, 0.3) is 0 Å². The molecule has 21 heavy (non-hydrogen) atoms. The molecule has 1 aliphatic carbocycles. The Morgan fingerprint density at radius 2 is 1.90 bits per heavy atom. The molecule has 0 N–H and O–H groups in total. The fraction of sp³-hybridized carbons (Fsp3) is 0.867. The quantitative estimate of drug-likeness (QED) is 0.653. The third-order valence-corrected chi connectivity index (χ3v) is 4.13. The minimum absolute atomic E-state index is 0.144. The van der Waals surface area contributed by atoms with Crippen molar-refractivity contribution in [2.75, 3.05) is 19.7 Å². The summed E-state index contributed by atoms with van der Waals surface area (Å²) < 4.78 is 16.4. The molecular formula is C15H27N3O3. The van der Waals surface area contributed by atoms with E-state index >= 15 is 0 Å². The van der Waals surface area contributed by atoms with Crippen molar-refractivity contribution < 1.29 is 14.1 Å². The summed E-state index contributed by atoms with van der Waals surface area (Å²) in [6, 6.07) is 0.445. The molecule has 0 aromatic carbocycles. The Labute approximate surface area is 126 Å². The second-order valence-electron chi connectivity index (χ2n) is 5.45. The Balaban J connectivity index is 1.95. The molecule has 6 heteroatoms. The largest absolute Gasteiger partial charge is 0.472 e. The van der Waals surface area contributed by atoms with Crippen LogP contribution in [0.1, 0.15) is 52.9 Å². The van der Waals surface area contributed by atoms with Crippen LogP contribution in [0.15, 0.2) is 4.63 Å². The Bertz CT molecular complexity index is 407. The van der Waals surface area contributed by atoms with E-state index in [4.69, 9.17) is 14.1 Å². The van der Waals surface area contributed by atoms with Gasteiger partial charge in [-0.2, -0.15) is 0 Å². The first kappa shape index (κ1) is 16.1. The SMILES string of the molecule is CCCCOc1nonc1O[C@@H]1CCC[C@H]1N(CC)CC.